The van der Waals surface area contributed by atoms with E-state index in [2.05, 4.69) is 15.7 Å². The largest absolute Gasteiger partial charge is 0.455 e. The van der Waals surface area contributed by atoms with Crippen LogP contribution in [0.3, 0.4) is 0 Å². The maximum absolute atomic E-state index is 14.7. The van der Waals surface area contributed by atoms with Crippen LogP contribution in [0.5, 0.6) is 0 Å². The van der Waals surface area contributed by atoms with Crippen LogP contribution in [0.4, 0.5) is 9.18 Å². The minimum atomic E-state index is -1.52. The van der Waals surface area contributed by atoms with Crippen LogP contribution in [0.25, 0.3) is 0 Å². The number of amides is 3. The summed E-state index contributed by atoms with van der Waals surface area (Å²) in [5, 5.41) is 4.04. The summed E-state index contributed by atoms with van der Waals surface area (Å²) >= 11 is 0. The lowest BCUT2D eigenvalue weighted by Crippen LogP contribution is -2.62. The molecule has 160 valence electrons. The molecule has 2 saturated heterocycles. The van der Waals surface area contributed by atoms with E-state index in [9.17, 15) is 18.8 Å². The van der Waals surface area contributed by atoms with Gasteiger partial charge in [0.15, 0.2) is 12.9 Å². The lowest BCUT2D eigenvalue weighted by molar-refractivity contribution is -0.136. The van der Waals surface area contributed by atoms with Gasteiger partial charge >= 0.3 is 6.09 Å². The number of piperazine rings is 1. The van der Waals surface area contributed by atoms with Gasteiger partial charge in [-0.05, 0) is 12.5 Å². The van der Waals surface area contributed by atoms with Crippen molar-refractivity contribution in [2.45, 2.75) is 24.7 Å². The fraction of sp³-hybridized carbons (Fsp3) is 0.474. The van der Waals surface area contributed by atoms with Gasteiger partial charge < -0.3 is 14.8 Å². The lowest BCUT2D eigenvalue weighted by Gasteiger charge is -2.40. The van der Waals surface area contributed by atoms with E-state index in [1.807, 2.05) is 6.07 Å². The summed E-state index contributed by atoms with van der Waals surface area (Å²) in [6.07, 6.45) is -2.82. The van der Waals surface area contributed by atoms with E-state index in [1.54, 1.807) is 31.2 Å². The van der Waals surface area contributed by atoms with Crippen LogP contribution >= 0.6 is 0 Å². The topological polar surface area (TPSA) is 113 Å². The molecule has 3 aliphatic heterocycles. The van der Waals surface area contributed by atoms with E-state index < -0.39 is 35.7 Å². The number of nitrogens with one attached hydrogen (secondary N) is 2. The zero-order valence-electron chi connectivity index (χ0n) is 16.3. The molecule has 3 atom stereocenters. The molecule has 0 spiro atoms. The van der Waals surface area contributed by atoms with Gasteiger partial charge in [-0.15, -0.1) is 0 Å². The molecule has 4 rings (SSSR count). The van der Waals surface area contributed by atoms with Gasteiger partial charge in [0.1, 0.15) is 11.5 Å². The number of alkyl halides is 1. The number of alkyl carbamates (subject to hydrolysis) is 1. The standard InChI is InChI=1S/C19H22FN5O5/c1-19(12-5-3-2-4-6-12,13-9-21-18(28)30-13)16(27)23-24-7-8-25(14(20)10-24)17-22-15(26)11-29-17/h2-6,13-14H,7-11H2,1H3,(H,21,28)(H,23,27). The number of cyclic esters (lactones) is 1. The van der Waals surface area contributed by atoms with Gasteiger partial charge in [-0.3, -0.25) is 19.9 Å². The molecule has 0 aromatic heterocycles. The summed E-state index contributed by atoms with van der Waals surface area (Å²) in [6.45, 7) is 2.01. The predicted octanol–water partition coefficient (Wildman–Crippen LogP) is -0.0901. The normalized spacial score (nSPS) is 26.3. The first-order valence-corrected chi connectivity index (χ1v) is 9.59. The van der Waals surface area contributed by atoms with Gasteiger partial charge in [0.2, 0.25) is 5.91 Å². The van der Waals surface area contributed by atoms with E-state index in [1.165, 1.54) is 9.91 Å². The fourth-order valence-corrected chi connectivity index (χ4v) is 3.72. The molecule has 0 radical (unpaired) electrons. The van der Waals surface area contributed by atoms with Crippen molar-refractivity contribution in [3.63, 3.8) is 0 Å². The highest BCUT2D eigenvalue weighted by Gasteiger charge is 2.48. The maximum atomic E-state index is 14.7. The molecular formula is C19H22FN5O5. The highest BCUT2D eigenvalue weighted by atomic mass is 19.1. The van der Waals surface area contributed by atoms with Crippen molar-refractivity contribution in [3.8, 4) is 0 Å². The first-order valence-electron chi connectivity index (χ1n) is 9.59. The Morgan fingerprint density at radius 1 is 1.30 bits per heavy atom. The van der Waals surface area contributed by atoms with E-state index in [-0.39, 0.29) is 38.8 Å². The quantitative estimate of drug-likeness (QED) is 0.656. The summed E-state index contributed by atoms with van der Waals surface area (Å²) in [4.78, 5) is 41.1. The number of aliphatic imine (C=N–C) groups is 1. The smallest absolute Gasteiger partial charge is 0.407 e. The number of carbonyl (C=O) groups excluding carboxylic acids is 3. The third-order valence-electron chi connectivity index (χ3n) is 5.54. The Kier molecular flexibility index (Phi) is 5.29. The van der Waals surface area contributed by atoms with E-state index >= 15 is 0 Å². The third-order valence-corrected chi connectivity index (χ3v) is 5.54. The molecule has 3 aliphatic rings. The molecule has 30 heavy (non-hydrogen) atoms. The monoisotopic (exact) mass is 419 g/mol. The molecule has 0 aliphatic carbocycles. The van der Waals surface area contributed by atoms with Gasteiger partial charge in [0.05, 0.1) is 13.1 Å². The van der Waals surface area contributed by atoms with Crippen molar-refractivity contribution >= 4 is 23.9 Å². The molecule has 2 fully saturated rings. The number of nitrogens with zero attached hydrogens (tertiary/aromatic N) is 3. The molecule has 3 amide bonds. The predicted molar refractivity (Wildman–Crippen MR) is 102 cm³/mol. The molecule has 11 heteroatoms. The Morgan fingerprint density at radius 2 is 2.07 bits per heavy atom. The van der Waals surface area contributed by atoms with Crippen molar-refractivity contribution < 1.29 is 28.2 Å². The van der Waals surface area contributed by atoms with Crippen LogP contribution < -0.4 is 10.7 Å². The highest BCUT2D eigenvalue weighted by Crippen LogP contribution is 2.32. The Labute approximate surface area is 172 Å². The Hall–Kier alpha value is -3.21. The second-order valence-electron chi connectivity index (χ2n) is 7.43. The first-order chi connectivity index (χ1) is 14.4. The van der Waals surface area contributed by atoms with E-state index in [0.717, 1.165) is 0 Å². The number of rotatable bonds is 4. The molecule has 0 bridgehead atoms. The molecule has 10 nitrogen and oxygen atoms in total. The SMILES string of the molecule is CC(C(=O)NN1CCN(C2=NC(=O)CO2)C(F)C1)(c1ccccc1)C1CNC(=O)O1. The molecule has 2 N–H and O–H groups in total. The summed E-state index contributed by atoms with van der Waals surface area (Å²) in [7, 11) is 0. The number of carbonyl (C=O) groups is 3. The van der Waals surface area contributed by atoms with Crippen LogP contribution in [-0.4, -0.2) is 79.0 Å². The summed E-state index contributed by atoms with van der Waals surface area (Å²) < 4.78 is 25.1. The highest BCUT2D eigenvalue weighted by molar-refractivity contribution is 5.96. The van der Waals surface area contributed by atoms with Crippen molar-refractivity contribution in [2.24, 2.45) is 4.99 Å². The number of amidine groups is 1. The zero-order chi connectivity index (χ0) is 21.3. The van der Waals surface area contributed by atoms with Crippen molar-refractivity contribution in [3.05, 3.63) is 35.9 Å². The second kappa shape index (κ2) is 7.90. The molecular weight excluding hydrogens is 397 g/mol. The summed E-state index contributed by atoms with van der Waals surface area (Å²) in [5.74, 6) is -0.869. The lowest BCUT2D eigenvalue weighted by atomic mass is 9.76. The van der Waals surface area contributed by atoms with Crippen LogP contribution in [-0.2, 0) is 24.5 Å². The maximum Gasteiger partial charge on any atom is 0.407 e. The van der Waals surface area contributed by atoms with Gasteiger partial charge in [-0.1, -0.05) is 30.3 Å². The van der Waals surface area contributed by atoms with Gasteiger partial charge in [0.25, 0.3) is 11.9 Å². The van der Waals surface area contributed by atoms with Gasteiger partial charge in [-0.2, -0.15) is 4.99 Å². The Morgan fingerprint density at radius 3 is 2.67 bits per heavy atom. The van der Waals surface area contributed by atoms with Crippen LogP contribution in [0.2, 0.25) is 0 Å². The van der Waals surface area contributed by atoms with Crippen LogP contribution in [0.1, 0.15) is 12.5 Å². The minimum absolute atomic E-state index is 0.0310. The number of hydrogen-bond donors (Lipinski definition) is 2. The Bertz CT molecular complexity index is 881. The average Bonchev–Trinajstić information content (AvgIpc) is 3.36. The molecule has 0 saturated carbocycles. The minimum Gasteiger partial charge on any atom is -0.455 e. The van der Waals surface area contributed by atoms with Crippen molar-refractivity contribution in [1.29, 1.82) is 0 Å². The fourth-order valence-electron chi connectivity index (χ4n) is 3.72. The average molecular weight is 419 g/mol. The number of ether oxygens (including phenoxy) is 2. The molecule has 3 heterocycles. The number of benzene rings is 1. The summed E-state index contributed by atoms with van der Waals surface area (Å²) in [6, 6.07) is 8.96. The molecule has 3 unspecified atom stereocenters. The zero-order valence-corrected chi connectivity index (χ0v) is 16.3. The van der Waals surface area contributed by atoms with E-state index in [4.69, 9.17) is 9.47 Å². The van der Waals surface area contributed by atoms with Crippen molar-refractivity contribution in [1.82, 2.24) is 20.7 Å². The number of hydrazine groups is 1. The van der Waals surface area contributed by atoms with E-state index in [0.29, 0.717) is 5.56 Å². The second-order valence-corrected chi connectivity index (χ2v) is 7.43. The molecule has 1 aromatic carbocycles. The third kappa shape index (κ3) is 3.67. The Balaban J connectivity index is 1.48. The number of hydrogen-bond acceptors (Lipinski definition) is 7. The van der Waals surface area contributed by atoms with Crippen LogP contribution in [0, 0.1) is 0 Å². The molecule has 1 aromatic rings. The first kappa shape index (κ1) is 20.1. The van der Waals surface area contributed by atoms with Crippen LogP contribution in [0.15, 0.2) is 35.3 Å². The van der Waals surface area contributed by atoms with Gasteiger partial charge in [0, 0.05) is 13.1 Å². The van der Waals surface area contributed by atoms with Gasteiger partial charge in [-0.25, -0.2) is 14.2 Å². The number of halogens is 1. The summed E-state index contributed by atoms with van der Waals surface area (Å²) in [5.41, 5.74) is 2.25. The van der Waals surface area contributed by atoms with Crippen molar-refractivity contribution in [2.75, 3.05) is 32.8 Å².